The van der Waals surface area contributed by atoms with Crippen molar-refractivity contribution in [2.45, 2.75) is 23.5 Å². The van der Waals surface area contributed by atoms with Crippen LogP contribution in [0.15, 0.2) is 47.4 Å². The van der Waals surface area contributed by atoms with Crippen LogP contribution in [0.3, 0.4) is 0 Å². The van der Waals surface area contributed by atoms with Crippen LogP contribution < -0.4 is 10.1 Å². The Morgan fingerprint density at radius 3 is 2.55 bits per heavy atom. The zero-order valence-electron chi connectivity index (χ0n) is 15.8. The molecule has 5 nitrogen and oxygen atoms in total. The predicted molar refractivity (Wildman–Crippen MR) is 98.5 cm³/mol. The van der Waals surface area contributed by atoms with Crippen molar-refractivity contribution >= 4 is 10.0 Å². The van der Waals surface area contributed by atoms with Crippen LogP contribution in [0.1, 0.15) is 18.1 Å². The first kappa shape index (κ1) is 21.5. The van der Waals surface area contributed by atoms with Crippen LogP contribution in [0.2, 0.25) is 0 Å². The molecule has 0 bridgehead atoms. The van der Waals surface area contributed by atoms with Gasteiger partial charge in [0, 0.05) is 25.7 Å². The molecule has 0 aliphatic carbocycles. The van der Waals surface area contributed by atoms with E-state index in [-0.39, 0.29) is 30.1 Å². The maximum atomic E-state index is 13.6. The second-order valence-electron chi connectivity index (χ2n) is 6.89. The Bertz CT molecular complexity index is 1010. The Balaban J connectivity index is 2.18. The Labute approximate surface area is 166 Å². The molecule has 1 N–H and O–H groups in total. The van der Waals surface area contributed by atoms with Crippen LogP contribution >= 0.6 is 0 Å². The molecule has 0 aromatic heterocycles. The van der Waals surface area contributed by atoms with Crippen LogP contribution in [-0.4, -0.2) is 39.5 Å². The van der Waals surface area contributed by atoms with Crippen molar-refractivity contribution in [3.63, 3.8) is 0 Å². The summed E-state index contributed by atoms with van der Waals surface area (Å²) < 4.78 is 87.3. The van der Waals surface area contributed by atoms with E-state index in [2.05, 4.69) is 5.32 Å². The molecule has 10 heteroatoms. The summed E-state index contributed by atoms with van der Waals surface area (Å²) in [6.45, 7) is 1.55. The number of hydrogen-bond acceptors (Lipinski definition) is 4. The van der Waals surface area contributed by atoms with Crippen LogP contribution in [0.5, 0.6) is 5.75 Å². The summed E-state index contributed by atoms with van der Waals surface area (Å²) in [5, 5.41) is 2.95. The van der Waals surface area contributed by atoms with Gasteiger partial charge in [-0.2, -0.15) is 17.5 Å². The second-order valence-corrected chi connectivity index (χ2v) is 8.76. The van der Waals surface area contributed by atoms with Gasteiger partial charge in [0.15, 0.2) is 0 Å². The van der Waals surface area contributed by atoms with Crippen molar-refractivity contribution in [2.75, 3.05) is 26.7 Å². The van der Waals surface area contributed by atoms with Gasteiger partial charge in [-0.15, -0.1) is 0 Å². The van der Waals surface area contributed by atoms with E-state index in [4.69, 9.17) is 4.74 Å². The number of alkyl halides is 3. The topological polar surface area (TPSA) is 58.6 Å². The Morgan fingerprint density at radius 1 is 1.17 bits per heavy atom. The van der Waals surface area contributed by atoms with Gasteiger partial charge in [0.25, 0.3) is 0 Å². The van der Waals surface area contributed by atoms with Gasteiger partial charge >= 0.3 is 6.18 Å². The molecule has 2 aromatic rings. The van der Waals surface area contributed by atoms with E-state index in [9.17, 15) is 26.0 Å². The number of nitrogens with one attached hydrogen (secondary N) is 1. The summed E-state index contributed by atoms with van der Waals surface area (Å²) in [5.74, 6) is -0.740. The lowest BCUT2D eigenvalue weighted by molar-refractivity contribution is -0.139. The molecule has 1 unspecified atom stereocenters. The summed E-state index contributed by atoms with van der Waals surface area (Å²) in [6, 6.07) is 8.02. The van der Waals surface area contributed by atoms with Crippen molar-refractivity contribution in [3.8, 4) is 5.75 Å². The van der Waals surface area contributed by atoms with Crippen molar-refractivity contribution in [1.82, 2.24) is 9.62 Å². The lowest BCUT2D eigenvalue weighted by atomic mass is 9.86. The highest BCUT2D eigenvalue weighted by atomic mass is 32.2. The minimum Gasteiger partial charge on any atom is -0.497 e. The molecule has 1 atom stereocenters. The fourth-order valence-electron chi connectivity index (χ4n) is 3.57. The molecule has 158 valence electrons. The average molecular weight is 432 g/mol. The van der Waals surface area contributed by atoms with Gasteiger partial charge in [0.2, 0.25) is 10.0 Å². The number of rotatable bonds is 4. The third kappa shape index (κ3) is 3.96. The molecule has 3 rings (SSSR count). The Kier molecular flexibility index (Phi) is 5.63. The molecule has 1 aliphatic heterocycles. The smallest absolute Gasteiger partial charge is 0.416 e. The third-order valence-corrected chi connectivity index (χ3v) is 7.02. The van der Waals surface area contributed by atoms with E-state index in [1.807, 2.05) is 0 Å². The summed E-state index contributed by atoms with van der Waals surface area (Å²) in [6.07, 6.45) is -4.84. The molecule has 0 spiro atoms. The van der Waals surface area contributed by atoms with Gasteiger partial charge in [-0.3, -0.25) is 0 Å². The van der Waals surface area contributed by atoms with E-state index >= 15 is 0 Å². The maximum absolute atomic E-state index is 13.6. The fourth-order valence-corrected chi connectivity index (χ4v) is 5.37. The number of ether oxygens (including phenoxy) is 1. The van der Waals surface area contributed by atoms with Crippen LogP contribution in [0, 0.1) is 5.82 Å². The van der Waals surface area contributed by atoms with Gasteiger partial charge in [-0.05, 0) is 36.8 Å². The van der Waals surface area contributed by atoms with Gasteiger partial charge in [0.05, 0.1) is 23.1 Å². The predicted octanol–water partition coefficient (Wildman–Crippen LogP) is 3.36. The monoisotopic (exact) mass is 432 g/mol. The Hall–Kier alpha value is -2.17. The molecule has 1 heterocycles. The van der Waals surface area contributed by atoms with Gasteiger partial charge < -0.3 is 10.1 Å². The van der Waals surface area contributed by atoms with Crippen molar-refractivity contribution < 1.29 is 30.7 Å². The number of hydrogen-bond donors (Lipinski definition) is 1. The molecule has 0 saturated carbocycles. The summed E-state index contributed by atoms with van der Waals surface area (Å²) in [5.41, 5.74) is -3.10. The van der Waals surface area contributed by atoms with E-state index in [1.54, 1.807) is 6.07 Å². The number of sulfonamides is 1. The summed E-state index contributed by atoms with van der Waals surface area (Å²) >= 11 is 0. The van der Waals surface area contributed by atoms with Crippen LogP contribution in [0.25, 0.3) is 0 Å². The quantitative estimate of drug-likeness (QED) is 0.753. The molecule has 0 radical (unpaired) electrons. The molecule has 0 amide bonds. The number of halogens is 4. The lowest BCUT2D eigenvalue weighted by Crippen LogP contribution is -2.59. The minimum absolute atomic E-state index is 0.0509. The van der Waals surface area contributed by atoms with Crippen molar-refractivity contribution in [3.05, 3.63) is 59.4 Å². The number of methoxy groups -OCH3 is 1. The molecular formula is C19H20F4N2O3S. The average Bonchev–Trinajstić information content (AvgIpc) is 2.67. The van der Waals surface area contributed by atoms with E-state index in [0.717, 1.165) is 16.4 Å². The lowest BCUT2D eigenvalue weighted by Gasteiger charge is -2.45. The van der Waals surface area contributed by atoms with Crippen molar-refractivity contribution in [1.29, 1.82) is 0 Å². The SMILES string of the molecule is COc1cccc(S(=O)(=O)N2CCNCC2(C)c2ccc(F)cc2C(F)(F)F)c1. The standard InChI is InChI=1S/C19H20F4N2O3S/c1-18(16-7-6-13(20)10-17(16)19(21,22)23)12-24-8-9-25(18)29(26,27)15-5-3-4-14(11-15)28-2/h3-7,10-11,24H,8-9,12H2,1-2H3. The molecule has 1 saturated heterocycles. The highest BCUT2D eigenvalue weighted by molar-refractivity contribution is 7.89. The summed E-state index contributed by atoms with van der Waals surface area (Å²) in [4.78, 5) is -0.0966. The van der Waals surface area contributed by atoms with E-state index < -0.39 is 33.1 Å². The number of benzene rings is 2. The first-order valence-corrected chi connectivity index (χ1v) is 10.2. The van der Waals surface area contributed by atoms with Crippen LogP contribution in [-0.2, 0) is 21.7 Å². The van der Waals surface area contributed by atoms with E-state index in [0.29, 0.717) is 11.8 Å². The number of nitrogens with zero attached hydrogens (tertiary/aromatic N) is 1. The Morgan fingerprint density at radius 2 is 1.90 bits per heavy atom. The largest absolute Gasteiger partial charge is 0.497 e. The molecule has 29 heavy (non-hydrogen) atoms. The maximum Gasteiger partial charge on any atom is 0.416 e. The molecule has 2 aromatic carbocycles. The van der Waals surface area contributed by atoms with Crippen molar-refractivity contribution in [2.24, 2.45) is 0 Å². The first-order chi connectivity index (χ1) is 13.5. The molecule has 1 aliphatic rings. The third-order valence-electron chi connectivity index (χ3n) is 5.01. The fraction of sp³-hybridized carbons (Fsp3) is 0.368. The van der Waals surface area contributed by atoms with Gasteiger partial charge in [0.1, 0.15) is 11.6 Å². The second kappa shape index (κ2) is 7.58. The molecular weight excluding hydrogens is 412 g/mol. The van der Waals surface area contributed by atoms with Gasteiger partial charge in [-0.25, -0.2) is 12.8 Å². The zero-order valence-corrected chi connectivity index (χ0v) is 16.6. The highest BCUT2D eigenvalue weighted by Gasteiger charge is 2.48. The normalized spacial score (nSPS) is 21.2. The summed E-state index contributed by atoms with van der Waals surface area (Å²) in [7, 11) is -2.79. The van der Waals surface area contributed by atoms with E-state index in [1.165, 1.54) is 32.2 Å². The van der Waals surface area contributed by atoms with Gasteiger partial charge in [-0.1, -0.05) is 12.1 Å². The number of piperazine rings is 1. The first-order valence-electron chi connectivity index (χ1n) is 8.75. The highest BCUT2D eigenvalue weighted by Crippen LogP contribution is 2.42. The minimum atomic E-state index is -4.84. The molecule has 1 fully saturated rings. The van der Waals surface area contributed by atoms with Crippen LogP contribution in [0.4, 0.5) is 17.6 Å². The zero-order chi connectivity index (χ0) is 21.4.